The number of alkyl halides is 2. The highest BCUT2D eigenvalue weighted by Crippen LogP contribution is 2.33. The Morgan fingerprint density at radius 1 is 1.04 bits per heavy atom. The molecule has 23 heavy (non-hydrogen) atoms. The van der Waals surface area contributed by atoms with Crippen LogP contribution in [0.2, 0.25) is 0 Å². The zero-order chi connectivity index (χ0) is 16.1. The van der Waals surface area contributed by atoms with Gasteiger partial charge in [-0.3, -0.25) is 4.90 Å². The van der Waals surface area contributed by atoms with Crippen LogP contribution in [0.5, 0.6) is 0 Å². The molecule has 1 aromatic rings. The zero-order valence-electron chi connectivity index (χ0n) is 13.8. The van der Waals surface area contributed by atoms with Crippen molar-refractivity contribution < 1.29 is 8.78 Å². The predicted molar refractivity (Wildman–Crippen MR) is 85.3 cm³/mol. The Kier molecular flexibility index (Phi) is 5.97. The molecule has 2 heterocycles. The van der Waals surface area contributed by atoms with Crippen molar-refractivity contribution in [3.8, 4) is 0 Å². The molecular weight excluding hydrogens is 298 g/mol. The van der Waals surface area contributed by atoms with Crippen LogP contribution in [0.4, 0.5) is 8.78 Å². The number of aromatic nitrogens is 3. The zero-order valence-corrected chi connectivity index (χ0v) is 13.8. The summed E-state index contributed by atoms with van der Waals surface area (Å²) in [5, 5.41) is 3.98. The van der Waals surface area contributed by atoms with Crippen molar-refractivity contribution >= 4 is 0 Å². The Balaban J connectivity index is 1.70. The summed E-state index contributed by atoms with van der Waals surface area (Å²) in [5.74, 6) is 1.46. The summed E-state index contributed by atoms with van der Waals surface area (Å²) in [4.78, 5) is 6.76. The summed E-state index contributed by atoms with van der Waals surface area (Å²) in [5.41, 5.74) is 0. The number of hydrogen-bond donors (Lipinski definition) is 0. The first-order chi connectivity index (χ1) is 11.2. The molecule has 1 aromatic heterocycles. The van der Waals surface area contributed by atoms with Crippen molar-refractivity contribution in [2.45, 2.75) is 83.3 Å². The van der Waals surface area contributed by atoms with Crippen LogP contribution in [0.25, 0.3) is 0 Å². The molecular formula is C17H28F2N4. The Hall–Kier alpha value is -1.04. The molecule has 6 heteroatoms. The summed E-state index contributed by atoms with van der Waals surface area (Å²) >= 11 is 0. The van der Waals surface area contributed by atoms with E-state index in [9.17, 15) is 8.78 Å². The van der Waals surface area contributed by atoms with Crippen LogP contribution >= 0.6 is 0 Å². The number of likely N-dealkylation sites (tertiary alicyclic amines) is 1. The Labute approximate surface area is 137 Å². The van der Waals surface area contributed by atoms with E-state index in [1.165, 1.54) is 68.8 Å². The van der Waals surface area contributed by atoms with Gasteiger partial charge >= 0.3 is 0 Å². The van der Waals surface area contributed by atoms with Gasteiger partial charge in [-0.1, -0.05) is 32.1 Å². The number of rotatable bonds is 5. The lowest BCUT2D eigenvalue weighted by molar-refractivity contribution is 0.0986. The van der Waals surface area contributed by atoms with Crippen LogP contribution in [0.1, 0.15) is 63.6 Å². The molecule has 0 amide bonds. The van der Waals surface area contributed by atoms with E-state index >= 15 is 0 Å². The quantitative estimate of drug-likeness (QED) is 0.824. The topological polar surface area (TPSA) is 34.0 Å². The molecule has 0 N–H and O–H groups in total. The van der Waals surface area contributed by atoms with E-state index in [2.05, 4.69) is 15.0 Å². The van der Waals surface area contributed by atoms with Gasteiger partial charge in [0.1, 0.15) is 18.7 Å². The van der Waals surface area contributed by atoms with Crippen molar-refractivity contribution in [3.63, 3.8) is 0 Å². The second-order valence-electron chi connectivity index (χ2n) is 7.03. The molecule has 4 nitrogen and oxygen atoms in total. The van der Waals surface area contributed by atoms with Crippen LogP contribution in [-0.2, 0) is 13.1 Å². The standard InChI is InChI=1S/C17H28F2N4/c18-16(19)11-23-17(20-13-21-23)12-22-10-6-2-5-9-15(22)14-7-3-1-4-8-14/h13-16H,1-12H2. The van der Waals surface area contributed by atoms with Crippen molar-refractivity contribution in [2.75, 3.05) is 6.54 Å². The van der Waals surface area contributed by atoms with E-state index < -0.39 is 6.43 Å². The van der Waals surface area contributed by atoms with Crippen molar-refractivity contribution in [2.24, 2.45) is 5.92 Å². The molecule has 0 aromatic carbocycles. The molecule has 1 aliphatic heterocycles. The molecule has 1 atom stereocenters. The summed E-state index contributed by atoms with van der Waals surface area (Å²) in [6, 6.07) is 0.592. The maximum Gasteiger partial charge on any atom is 0.257 e. The van der Waals surface area contributed by atoms with E-state index in [0.717, 1.165) is 12.5 Å². The lowest BCUT2D eigenvalue weighted by Gasteiger charge is -2.37. The molecule has 0 spiro atoms. The minimum absolute atomic E-state index is 0.350. The van der Waals surface area contributed by atoms with Crippen LogP contribution in [0.15, 0.2) is 6.33 Å². The van der Waals surface area contributed by atoms with Crippen LogP contribution in [0.3, 0.4) is 0 Å². The lowest BCUT2D eigenvalue weighted by atomic mass is 9.81. The smallest absolute Gasteiger partial charge is 0.257 e. The molecule has 2 aliphatic rings. The maximum atomic E-state index is 12.7. The van der Waals surface area contributed by atoms with E-state index in [-0.39, 0.29) is 6.54 Å². The Morgan fingerprint density at radius 2 is 1.78 bits per heavy atom. The largest absolute Gasteiger partial charge is 0.293 e. The third kappa shape index (κ3) is 4.49. The van der Waals surface area contributed by atoms with E-state index in [1.807, 2.05) is 0 Å². The van der Waals surface area contributed by atoms with Gasteiger partial charge in [-0.25, -0.2) is 18.4 Å². The Morgan fingerprint density at radius 3 is 2.57 bits per heavy atom. The average Bonchev–Trinajstić information content (AvgIpc) is 2.83. The lowest BCUT2D eigenvalue weighted by Crippen LogP contribution is -2.41. The van der Waals surface area contributed by atoms with Crippen LogP contribution in [-0.4, -0.2) is 38.7 Å². The molecule has 1 saturated heterocycles. The maximum absolute atomic E-state index is 12.7. The van der Waals surface area contributed by atoms with Gasteiger partial charge in [0.25, 0.3) is 6.43 Å². The second-order valence-corrected chi connectivity index (χ2v) is 7.03. The van der Waals surface area contributed by atoms with Gasteiger partial charge in [0.15, 0.2) is 0 Å². The predicted octanol–water partition coefficient (Wildman–Crippen LogP) is 3.87. The van der Waals surface area contributed by atoms with Crippen LogP contribution < -0.4 is 0 Å². The fourth-order valence-corrected chi connectivity index (χ4v) is 4.32. The Bertz CT molecular complexity index is 471. The van der Waals surface area contributed by atoms with Crippen LogP contribution in [0, 0.1) is 5.92 Å². The number of hydrogen-bond acceptors (Lipinski definition) is 3. The highest BCUT2D eigenvalue weighted by Gasteiger charge is 2.30. The van der Waals surface area contributed by atoms with Crippen molar-refractivity contribution in [1.82, 2.24) is 19.7 Å². The van der Waals surface area contributed by atoms with Gasteiger partial charge < -0.3 is 0 Å². The van der Waals surface area contributed by atoms with Gasteiger partial charge in [-0.05, 0) is 38.1 Å². The fraction of sp³-hybridized carbons (Fsp3) is 0.882. The molecule has 1 unspecified atom stereocenters. The molecule has 1 aliphatic carbocycles. The summed E-state index contributed by atoms with van der Waals surface area (Å²) in [6.45, 7) is 1.37. The van der Waals surface area contributed by atoms with Gasteiger partial charge in [0, 0.05) is 6.04 Å². The van der Waals surface area contributed by atoms with E-state index in [0.29, 0.717) is 18.4 Å². The fourth-order valence-electron chi connectivity index (χ4n) is 4.32. The molecule has 1 saturated carbocycles. The number of halogens is 2. The molecule has 3 rings (SSSR count). The first-order valence-corrected chi connectivity index (χ1v) is 9.13. The van der Waals surface area contributed by atoms with Crippen molar-refractivity contribution in [3.05, 3.63) is 12.2 Å². The summed E-state index contributed by atoms with van der Waals surface area (Å²) < 4.78 is 26.8. The van der Waals surface area contributed by atoms with Gasteiger partial charge in [0.05, 0.1) is 6.54 Å². The SMILES string of the molecule is FC(F)Cn1ncnc1CN1CCCCCC1C1CCCCC1. The van der Waals surface area contributed by atoms with Crippen molar-refractivity contribution in [1.29, 1.82) is 0 Å². The van der Waals surface area contributed by atoms with Gasteiger partial charge in [0.2, 0.25) is 0 Å². The number of nitrogens with zero attached hydrogens (tertiary/aromatic N) is 4. The first kappa shape index (κ1) is 16.8. The third-order valence-corrected chi connectivity index (χ3v) is 5.46. The van der Waals surface area contributed by atoms with E-state index in [1.54, 1.807) is 0 Å². The third-order valence-electron chi connectivity index (χ3n) is 5.46. The normalized spacial score (nSPS) is 24.9. The monoisotopic (exact) mass is 326 g/mol. The molecule has 130 valence electrons. The average molecular weight is 326 g/mol. The summed E-state index contributed by atoms with van der Waals surface area (Å²) in [7, 11) is 0. The highest BCUT2D eigenvalue weighted by atomic mass is 19.3. The molecule has 0 bridgehead atoms. The second kappa shape index (κ2) is 8.18. The molecule has 2 fully saturated rings. The van der Waals surface area contributed by atoms with E-state index in [4.69, 9.17) is 0 Å². The van der Waals surface area contributed by atoms with Gasteiger partial charge in [-0.15, -0.1) is 0 Å². The summed E-state index contributed by atoms with van der Waals surface area (Å²) in [6.07, 6.45) is 10.7. The first-order valence-electron chi connectivity index (χ1n) is 9.13. The van der Waals surface area contributed by atoms with Gasteiger partial charge in [-0.2, -0.15) is 5.10 Å². The molecule has 0 radical (unpaired) electrons. The highest BCUT2D eigenvalue weighted by molar-refractivity contribution is 4.90. The minimum atomic E-state index is -2.38. The minimum Gasteiger partial charge on any atom is -0.293 e.